The van der Waals surface area contributed by atoms with E-state index in [0.29, 0.717) is 37.9 Å². The molecule has 1 fully saturated rings. The summed E-state index contributed by atoms with van der Waals surface area (Å²) in [6.45, 7) is 5.84. The highest BCUT2D eigenvalue weighted by atomic mass is 16.7. The van der Waals surface area contributed by atoms with Gasteiger partial charge in [-0.05, 0) is 25.8 Å². The van der Waals surface area contributed by atoms with Crippen molar-refractivity contribution in [1.82, 2.24) is 16.0 Å². The number of hydrogen-bond acceptors (Lipinski definition) is 12. The average molecular weight is 622 g/mol. The summed E-state index contributed by atoms with van der Waals surface area (Å²) in [4.78, 5) is 71.5. The largest absolute Gasteiger partial charge is 0.463 e. The van der Waals surface area contributed by atoms with Crippen molar-refractivity contribution in [2.75, 3.05) is 32.8 Å². The summed E-state index contributed by atoms with van der Waals surface area (Å²) in [6.07, 6.45) is -2.73. The number of hydrogen-bond donors (Lipinski definition) is 3. The Kier molecular flexibility index (Phi) is 16.0. The molecule has 1 heterocycles. The lowest BCUT2D eigenvalue weighted by atomic mass is 9.96. The maximum absolute atomic E-state index is 12.2. The minimum Gasteiger partial charge on any atom is -0.463 e. The molecule has 0 bridgehead atoms. The molecule has 0 radical (unpaired) electrons. The lowest BCUT2D eigenvalue weighted by Crippen LogP contribution is -2.66. The molecule has 0 saturated carbocycles. The van der Waals surface area contributed by atoms with Crippen molar-refractivity contribution in [1.29, 1.82) is 0 Å². The van der Waals surface area contributed by atoms with Crippen molar-refractivity contribution in [3.8, 4) is 0 Å². The van der Waals surface area contributed by atoms with Crippen LogP contribution >= 0.6 is 0 Å². The number of ether oxygens (including phenoxy) is 5. The highest BCUT2D eigenvalue weighted by molar-refractivity contribution is 5.97. The van der Waals surface area contributed by atoms with Crippen molar-refractivity contribution in [2.45, 2.75) is 84.0 Å². The van der Waals surface area contributed by atoms with Crippen molar-refractivity contribution >= 4 is 35.5 Å². The Morgan fingerprint density at radius 1 is 0.818 bits per heavy atom. The first-order chi connectivity index (χ1) is 21.0. The standard InChI is InChI=1S/C30H43N3O11/c1-19(34)33-27-29(43-22(4)37)28(42-21(3)36)25(18-41-20(2)35)44-30(27)40-16-9-8-13-26(39)32-15-10-14-31-17-24(38)23-11-6-5-7-12-23/h5-7,11-12,25,27-31H,8-10,13-18H2,1-4H3,(H,32,39)(H,33,34). The fourth-order valence-corrected chi connectivity index (χ4v) is 4.48. The zero-order chi connectivity index (χ0) is 32.5. The fraction of sp³-hybridized carbons (Fsp3) is 0.600. The number of rotatable bonds is 18. The monoisotopic (exact) mass is 621 g/mol. The number of benzene rings is 1. The van der Waals surface area contributed by atoms with Gasteiger partial charge in [0.25, 0.3) is 0 Å². The van der Waals surface area contributed by atoms with E-state index in [2.05, 4.69) is 16.0 Å². The van der Waals surface area contributed by atoms with E-state index in [9.17, 15) is 28.8 Å². The maximum atomic E-state index is 12.2. The lowest BCUT2D eigenvalue weighted by Gasteiger charge is -2.44. The van der Waals surface area contributed by atoms with Crippen LogP contribution in [0.5, 0.6) is 0 Å². The van der Waals surface area contributed by atoms with Gasteiger partial charge in [-0.2, -0.15) is 0 Å². The van der Waals surface area contributed by atoms with E-state index in [1.165, 1.54) is 13.8 Å². The van der Waals surface area contributed by atoms with Crippen molar-refractivity contribution < 1.29 is 52.5 Å². The quantitative estimate of drug-likeness (QED) is 0.0908. The van der Waals surface area contributed by atoms with Crippen molar-refractivity contribution in [3.63, 3.8) is 0 Å². The third-order valence-electron chi connectivity index (χ3n) is 6.39. The molecule has 5 atom stereocenters. The third-order valence-corrected chi connectivity index (χ3v) is 6.39. The Morgan fingerprint density at radius 3 is 2.14 bits per heavy atom. The molecule has 2 amide bonds. The van der Waals surface area contributed by atoms with Crippen LogP contribution in [0.3, 0.4) is 0 Å². The van der Waals surface area contributed by atoms with E-state index in [0.717, 1.165) is 13.8 Å². The number of ketones is 1. The third kappa shape index (κ3) is 13.6. The number of nitrogens with one attached hydrogen (secondary N) is 3. The summed E-state index contributed by atoms with van der Waals surface area (Å²) >= 11 is 0. The number of unbranched alkanes of at least 4 members (excludes halogenated alkanes) is 1. The Balaban J connectivity index is 1.81. The van der Waals surface area contributed by atoms with Crippen LogP contribution in [0.15, 0.2) is 30.3 Å². The molecule has 1 aliphatic rings. The first-order valence-corrected chi connectivity index (χ1v) is 14.6. The number of esters is 3. The van der Waals surface area contributed by atoms with Gasteiger partial charge in [-0.1, -0.05) is 30.3 Å². The van der Waals surface area contributed by atoms with Gasteiger partial charge in [-0.25, -0.2) is 0 Å². The van der Waals surface area contributed by atoms with Crippen LogP contribution in [-0.2, 0) is 47.7 Å². The molecule has 1 aromatic rings. The van der Waals surface area contributed by atoms with Gasteiger partial charge in [0.2, 0.25) is 11.8 Å². The van der Waals surface area contributed by atoms with Crippen LogP contribution < -0.4 is 16.0 Å². The van der Waals surface area contributed by atoms with Gasteiger partial charge in [0.1, 0.15) is 18.8 Å². The van der Waals surface area contributed by atoms with Gasteiger partial charge in [0.05, 0.1) is 6.54 Å². The summed E-state index contributed by atoms with van der Waals surface area (Å²) in [5.74, 6) is -2.60. The number of carbonyl (C=O) groups excluding carboxylic acids is 6. The predicted octanol–water partition coefficient (Wildman–Crippen LogP) is 0.808. The van der Waals surface area contributed by atoms with E-state index >= 15 is 0 Å². The molecule has 5 unspecified atom stereocenters. The summed E-state index contributed by atoms with van der Waals surface area (Å²) in [5, 5.41) is 8.54. The normalized spacial score (nSPS) is 21.0. The van der Waals surface area contributed by atoms with Crippen LogP contribution in [0.4, 0.5) is 0 Å². The molecule has 1 aromatic carbocycles. The van der Waals surface area contributed by atoms with Crippen LogP contribution in [-0.4, -0.2) is 99.0 Å². The summed E-state index contributed by atoms with van der Waals surface area (Å²) in [7, 11) is 0. The van der Waals surface area contributed by atoms with Crippen LogP contribution in [0.25, 0.3) is 0 Å². The molecular weight excluding hydrogens is 578 g/mol. The minimum atomic E-state index is -1.20. The molecule has 1 saturated heterocycles. The second kappa shape index (κ2) is 19.4. The van der Waals surface area contributed by atoms with E-state index in [-0.39, 0.29) is 37.9 Å². The smallest absolute Gasteiger partial charge is 0.303 e. The van der Waals surface area contributed by atoms with Crippen molar-refractivity contribution in [2.24, 2.45) is 0 Å². The molecule has 0 aromatic heterocycles. The van der Waals surface area contributed by atoms with E-state index < -0.39 is 54.5 Å². The highest BCUT2D eigenvalue weighted by Crippen LogP contribution is 2.28. The summed E-state index contributed by atoms with van der Waals surface area (Å²) in [5.41, 5.74) is 0.648. The lowest BCUT2D eigenvalue weighted by molar-refractivity contribution is -0.277. The Bertz CT molecular complexity index is 1110. The zero-order valence-corrected chi connectivity index (χ0v) is 25.6. The summed E-state index contributed by atoms with van der Waals surface area (Å²) < 4.78 is 27.7. The minimum absolute atomic E-state index is 0.00454. The fourth-order valence-electron chi connectivity index (χ4n) is 4.48. The van der Waals surface area contributed by atoms with Gasteiger partial charge >= 0.3 is 17.9 Å². The van der Waals surface area contributed by atoms with Gasteiger partial charge < -0.3 is 39.6 Å². The van der Waals surface area contributed by atoms with Crippen LogP contribution in [0.2, 0.25) is 0 Å². The number of carbonyl (C=O) groups is 6. The zero-order valence-electron chi connectivity index (χ0n) is 25.6. The maximum Gasteiger partial charge on any atom is 0.303 e. The molecule has 14 nitrogen and oxygen atoms in total. The van der Waals surface area contributed by atoms with E-state index in [1.807, 2.05) is 18.2 Å². The van der Waals surface area contributed by atoms with Crippen molar-refractivity contribution in [3.05, 3.63) is 35.9 Å². The highest BCUT2D eigenvalue weighted by Gasteiger charge is 2.51. The molecular formula is C30H43N3O11. The molecule has 0 spiro atoms. The molecule has 2 rings (SSSR count). The molecule has 244 valence electrons. The topological polar surface area (TPSA) is 185 Å². The Hall–Kier alpha value is -3.88. The number of Topliss-reactive ketones (excluding diaryl/α,β-unsaturated/α-hetero) is 1. The second-order valence-corrected chi connectivity index (χ2v) is 10.2. The number of amides is 2. The first kappa shape index (κ1) is 36.3. The molecule has 3 N–H and O–H groups in total. The van der Waals surface area contributed by atoms with Gasteiger partial charge in [-0.3, -0.25) is 28.8 Å². The molecule has 1 aliphatic heterocycles. The van der Waals surface area contributed by atoms with Gasteiger partial charge in [0, 0.05) is 52.8 Å². The second-order valence-electron chi connectivity index (χ2n) is 10.2. The van der Waals surface area contributed by atoms with Gasteiger partial charge in [0.15, 0.2) is 24.3 Å². The SMILES string of the molecule is CC(=O)NC1C(OCCCCC(=O)NCCCNCC(=O)c2ccccc2)OC(COC(C)=O)C(OC(C)=O)C1OC(C)=O. The Morgan fingerprint density at radius 2 is 1.50 bits per heavy atom. The average Bonchev–Trinajstić information content (AvgIpc) is 2.96. The van der Waals surface area contributed by atoms with Crippen LogP contribution in [0, 0.1) is 0 Å². The first-order valence-electron chi connectivity index (χ1n) is 14.6. The van der Waals surface area contributed by atoms with Gasteiger partial charge in [-0.15, -0.1) is 0 Å². The summed E-state index contributed by atoms with van der Waals surface area (Å²) in [6, 6.07) is 7.96. The molecule has 0 aliphatic carbocycles. The van der Waals surface area contributed by atoms with Crippen LogP contribution in [0.1, 0.15) is 63.7 Å². The van der Waals surface area contributed by atoms with E-state index in [4.69, 9.17) is 23.7 Å². The molecule has 14 heteroatoms. The molecule has 44 heavy (non-hydrogen) atoms. The van der Waals surface area contributed by atoms with E-state index in [1.54, 1.807) is 12.1 Å². The Labute approximate surface area is 256 Å². The predicted molar refractivity (Wildman–Crippen MR) is 155 cm³/mol.